The van der Waals surface area contributed by atoms with E-state index in [1.807, 2.05) is 25.1 Å². The predicted molar refractivity (Wildman–Crippen MR) is 115 cm³/mol. The van der Waals surface area contributed by atoms with Gasteiger partial charge in [-0.3, -0.25) is 9.97 Å². The Bertz CT molecular complexity index is 1140. The summed E-state index contributed by atoms with van der Waals surface area (Å²) in [5.74, 6) is 0.932. The third-order valence-electron chi connectivity index (χ3n) is 4.92. The summed E-state index contributed by atoms with van der Waals surface area (Å²) in [7, 11) is -2.28. The quantitative estimate of drug-likeness (QED) is 0.622. The average molecular weight is 442 g/mol. The molecule has 2 aromatic heterocycles. The van der Waals surface area contributed by atoms with E-state index < -0.39 is 16.1 Å². The molecule has 1 N–H and O–H groups in total. The largest absolute Gasteiger partial charge is 0.495 e. The first-order valence-electron chi connectivity index (χ1n) is 9.73. The highest BCUT2D eigenvalue weighted by Gasteiger charge is 2.34. The van der Waals surface area contributed by atoms with Gasteiger partial charge in [0.15, 0.2) is 0 Å². The molecule has 0 radical (unpaired) electrons. The molecule has 0 unspecified atom stereocenters. The highest BCUT2D eigenvalue weighted by Crippen LogP contribution is 2.31. The van der Waals surface area contributed by atoms with E-state index >= 15 is 0 Å². The lowest BCUT2D eigenvalue weighted by molar-refractivity contribution is -0.00495. The van der Waals surface area contributed by atoms with Crippen LogP contribution in [0.15, 0.2) is 60.0 Å². The zero-order valence-electron chi connectivity index (χ0n) is 17.2. The molecule has 0 amide bonds. The third-order valence-corrected chi connectivity index (χ3v) is 6.80. The maximum Gasteiger partial charge on any atom is 0.246 e. The Morgan fingerprint density at radius 2 is 2.03 bits per heavy atom. The molecule has 1 atom stereocenters. The Hall–Kier alpha value is -3.08. The van der Waals surface area contributed by atoms with Crippen LogP contribution >= 0.6 is 0 Å². The summed E-state index contributed by atoms with van der Waals surface area (Å²) >= 11 is 0. The molecule has 4 rings (SSSR count). The van der Waals surface area contributed by atoms with Crippen LogP contribution in [-0.4, -0.2) is 54.5 Å². The number of methoxy groups -OCH3 is 1. The number of nitrogens with one attached hydrogen (secondary N) is 1. The summed E-state index contributed by atoms with van der Waals surface area (Å²) in [4.78, 5) is 12.8. The van der Waals surface area contributed by atoms with Gasteiger partial charge in [0, 0.05) is 25.5 Å². The van der Waals surface area contributed by atoms with Gasteiger partial charge in [0.2, 0.25) is 10.0 Å². The number of morpholine rings is 1. The standard InChI is InChI=1S/C21H23N5O4S/c1-15-3-6-18(29-2)20(11-15)31(27,28)26-9-10-30-19(14-26)17-5-4-16(12-24-17)25-21-13-22-7-8-23-21/h3-8,11-13,19H,9-10,14H2,1-2H3,(H,23,25)/t19-/m0/s1. The Balaban J connectivity index is 1.51. The molecule has 0 spiro atoms. The van der Waals surface area contributed by atoms with Crippen molar-refractivity contribution in [2.45, 2.75) is 17.9 Å². The predicted octanol–water partition coefficient (Wildman–Crippen LogP) is 2.69. The molecule has 9 nitrogen and oxygen atoms in total. The Kier molecular flexibility index (Phi) is 6.12. The smallest absolute Gasteiger partial charge is 0.246 e. The van der Waals surface area contributed by atoms with Gasteiger partial charge in [-0.05, 0) is 36.8 Å². The van der Waals surface area contributed by atoms with E-state index in [2.05, 4.69) is 20.3 Å². The molecule has 0 aliphatic carbocycles. The molecule has 10 heteroatoms. The van der Waals surface area contributed by atoms with Crippen LogP contribution in [0.25, 0.3) is 0 Å². The second-order valence-corrected chi connectivity index (χ2v) is 8.97. The lowest BCUT2D eigenvalue weighted by Gasteiger charge is -2.32. The van der Waals surface area contributed by atoms with Crippen LogP contribution in [0.1, 0.15) is 17.4 Å². The van der Waals surface area contributed by atoms with Crippen LogP contribution in [-0.2, 0) is 14.8 Å². The highest BCUT2D eigenvalue weighted by molar-refractivity contribution is 7.89. The number of benzene rings is 1. The number of ether oxygens (including phenoxy) is 2. The summed E-state index contributed by atoms with van der Waals surface area (Å²) in [5, 5.41) is 3.11. The molecule has 1 aliphatic heterocycles. The van der Waals surface area contributed by atoms with Crippen molar-refractivity contribution in [1.29, 1.82) is 0 Å². The van der Waals surface area contributed by atoms with E-state index in [0.29, 0.717) is 17.3 Å². The second-order valence-electron chi connectivity index (χ2n) is 7.06. The number of hydrogen-bond donors (Lipinski definition) is 1. The maximum absolute atomic E-state index is 13.3. The number of sulfonamides is 1. The van der Waals surface area contributed by atoms with Crippen molar-refractivity contribution in [1.82, 2.24) is 19.3 Å². The maximum atomic E-state index is 13.3. The van der Waals surface area contributed by atoms with Gasteiger partial charge in [0.05, 0.1) is 37.5 Å². The highest BCUT2D eigenvalue weighted by atomic mass is 32.2. The van der Waals surface area contributed by atoms with Crippen molar-refractivity contribution in [2.24, 2.45) is 0 Å². The van der Waals surface area contributed by atoms with E-state index in [4.69, 9.17) is 9.47 Å². The normalized spacial score (nSPS) is 17.3. The van der Waals surface area contributed by atoms with Crippen LogP contribution < -0.4 is 10.1 Å². The van der Waals surface area contributed by atoms with Gasteiger partial charge < -0.3 is 14.8 Å². The summed E-state index contributed by atoms with van der Waals surface area (Å²) in [6.07, 6.45) is 5.99. The van der Waals surface area contributed by atoms with Gasteiger partial charge in [-0.25, -0.2) is 13.4 Å². The molecular formula is C21H23N5O4S. The molecule has 31 heavy (non-hydrogen) atoms. The van der Waals surface area contributed by atoms with Crippen molar-refractivity contribution in [3.8, 4) is 5.75 Å². The van der Waals surface area contributed by atoms with Crippen molar-refractivity contribution in [3.05, 3.63) is 66.4 Å². The number of aromatic nitrogens is 3. The van der Waals surface area contributed by atoms with Crippen LogP contribution in [0.4, 0.5) is 11.5 Å². The third kappa shape index (κ3) is 4.66. The first kappa shape index (κ1) is 21.2. The lowest BCUT2D eigenvalue weighted by atomic mass is 10.2. The van der Waals surface area contributed by atoms with E-state index in [1.54, 1.807) is 36.9 Å². The van der Waals surface area contributed by atoms with Gasteiger partial charge >= 0.3 is 0 Å². The minimum absolute atomic E-state index is 0.159. The fourth-order valence-electron chi connectivity index (χ4n) is 3.33. The topological polar surface area (TPSA) is 107 Å². The fourth-order valence-corrected chi connectivity index (χ4v) is 4.99. The Labute approximate surface area is 181 Å². The molecule has 162 valence electrons. The van der Waals surface area contributed by atoms with Crippen molar-refractivity contribution in [3.63, 3.8) is 0 Å². The van der Waals surface area contributed by atoms with Gasteiger partial charge in [-0.15, -0.1) is 0 Å². The van der Waals surface area contributed by atoms with Gasteiger partial charge in [0.1, 0.15) is 22.6 Å². The first-order valence-corrected chi connectivity index (χ1v) is 11.2. The molecule has 1 saturated heterocycles. The lowest BCUT2D eigenvalue weighted by Crippen LogP contribution is -2.42. The van der Waals surface area contributed by atoms with E-state index in [9.17, 15) is 8.42 Å². The molecule has 0 bridgehead atoms. The van der Waals surface area contributed by atoms with Crippen LogP contribution in [0.2, 0.25) is 0 Å². The van der Waals surface area contributed by atoms with E-state index in [1.165, 1.54) is 11.4 Å². The monoisotopic (exact) mass is 441 g/mol. The number of pyridine rings is 1. The minimum atomic E-state index is -3.74. The Morgan fingerprint density at radius 3 is 2.74 bits per heavy atom. The summed E-state index contributed by atoms with van der Waals surface area (Å²) in [6.45, 7) is 2.56. The molecule has 3 heterocycles. The molecule has 1 fully saturated rings. The Morgan fingerprint density at radius 1 is 1.16 bits per heavy atom. The number of hydrogen-bond acceptors (Lipinski definition) is 8. The minimum Gasteiger partial charge on any atom is -0.495 e. The zero-order valence-corrected chi connectivity index (χ0v) is 18.0. The number of nitrogens with zero attached hydrogens (tertiary/aromatic N) is 4. The number of rotatable bonds is 6. The second kappa shape index (κ2) is 8.96. The molecule has 0 saturated carbocycles. The molecule has 1 aromatic carbocycles. The first-order chi connectivity index (χ1) is 15.0. The average Bonchev–Trinajstić information content (AvgIpc) is 2.80. The summed E-state index contributed by atoms with van der Waals surface area (Å²) in [5.41, 5.74) is 2.24. The van der Waals surface area contributed by atoms with Gasteiger partial charge in [-0.1, -0.05) is 6.07 Å². The SMILES string of the molecule is COc1ccc(C)cc1S(=O)(=O)N1CCO[C@H](c2ccc(Nc3cnccn3)cn2)C1. The fraction of sp³-hybridized carbons (Fsp3) is 0.286. The van der Waals surface area contributed by atoms with Gasteiger partial charge in [-0.2, -0.15) is 4.31 Å². The zero-order chi connectivity index (χ0) is 21.8. The van der Waals surface area contributed by atoms with E-state index in [0.717, 1.165) is 11.3 Å². The van der Waals surface area contributed by atoms with Crippen molar-refractivity contribution >= 4 is 21.5 Å². The molecule has 1 aliphatic rings. The van der Waals surface area contributed by atoms with Crippen molar-refractivity contribution < 1.29 is 17.9 Å². The number of anilines is 2. The van der Waals surface area contributed by atoms with Crippen LogP contribution in [0.3, 0.4) is 0 Å². The summed E-state index contributed by atoms with van der Waals surface area (Å²) < 4.78 is 39.1. The van der Waals surface area contributed by atoms with Crippen molar-refractivity contribution in [2.75, 3.05) is 32.1 Å². The van der Waals surface area contributed by atoms with Gasteiger partial charge in [0.25, 0.3) is 0 Å². The summed E-state index contributed by atoms with van der Waals surface area (Å²) in [6, 6.07) is 8.78. The number of aryl methyl sites for hydroxylation is 1. The molecular weight excluding hydrogens is 418 g/mol. The van der Waals surface area contributed by atoms with Crippen LogP contribution in [0.5, 0.6) is 5.75 Å². The van der Waals surface area contributed by atoms with E-state index in [-0.39, 0.29) is 24.6 Å². The van der Waals surface area contributed by atoms with Crippen LogP contribution in [0, 0.1) is 6.92 Å². The molecule has 3 aromatic rings.